The molecule has 1 aromatic rings. The molecular weight excluding hydrogens is 360 g/mol. The number of nitrogens with zero attached hydrogens (tertiary/aromatic N) is 3. The number of primary amides is 1. The van der Waals surface area contributed by atoms with Gasteiger partial charge in [0.25, 0.3) is 5.91 Å². The lowest BCUT2D eigenvalue weighted by atomic mass is 9.88. The first-order valence-corrected chi connectivity index (χ1v) is 9.76. The number of likely N-dealkylation sites (tertiary alicyclic amines) is 2. The first-order chi connectivity index (χ1) is 13.4. The van der Waals surface area contributed by atoms with Crippen LogP contribution in [0, 0.1) is 5.92 Å². The van der Waals surface area contributed by atoms with Crippen LogP contribution in [-0.2, 0) is 25.6 Å². The molecule has 1 aliphatic carbocycles. The van der Waals surface area contributed by atoms with Gasteiger partial charge >= 0.3 is 0 Å². The Labute approximate surface area is 163 Å². The Balaban J connectivity index is 1.56. The molecule has 4 rings (SSSR count). The van der Waals surface area contributed by atoms with Gasteiger partial charge in [-0.15, -0.1) is 0 Å². The van der Waals surface area contributed by atoms with E-state index in [-0.39, 0.29) is 31.3 Å². The summed E-state index contributed by atoms with van der Waals surface area (Å²) in [4.78, 5) is 57.8. The second-order valence-electron chi connectivity index (χ2n) is 7.95. The largest absolute Gasteiger partial charge is 0.367 e. The van der Waals surface area contributed by atoms with Crippen molar-refractivity contribution in [3.05, 3.63) is 30.1 Å². The van der Waals surface area contributed by atoms with E-state index in [0.29, 0.717) is 18.8 Å². The molecular formula is C20H24N4O4. The van der Waals surface area contributed by atoms with Crippen molar-refractivity contribution in [2.45, 2.75) is 50.1 Å². The number of ketones is 1. The second-order valence-corrected chi connectivity index (χ2v) is 7.95. The van der Waals surface area contributed by atoms with Crippen molar-refractivity contribution in [2.24, 2.45) is 11.7 Å². The monoisotopic (exact) mass is 384 g/mol. The fourth-order valence-electron chi connectivity index (χ4n) is 4.59. The van der Waals surface area contributed by atoms with Crippen molar-refractivity contribution < 1.29 is 19.2 Å². The standard InChI is InChI=1S/C20H24N4O4/c21-19(28)20-15(7-9-24(20)17(26)6-5-13-3-4-13)23(12-16(20)25)18(27)10-14-2-1-8-22-11-14/h1-2,8,11,13,15H,3-7,9-10,12H2,(H2,21,28). The first-order valence-electron chi connectivity index (χ1n) is 9.76. The quantitative estimate of drug-likeness (QED) is 0.696. The van der Waals surface area contributed by atoms with E-state index < -0.39 is 23.3 Å². The highest BCUT2D eigenvalue weighted by molar-refractivity contribution is 6.17. The second kappa shape index (κ2) is 7.00. The van der Waals surface area contributed by atoms with Crippen LogP contribution in [-0.4, -0.2) is 63.0 Å². The Morgan fingerprint density at radius 2 is 2.00 bits per heavy atom. The summed E-state index contributed by atoms with van der Waals surface area (Å²) in [5.74, 6) is -1.20. The van der Waals surface area contributed by atoms with Crippen LogP contribution in [0.2, 0.25) is 0 Å². The summed E-state index contributed by atoms with van der Waals surface area (Å²) in [7, 11) is 0. The van der Waals surface area contributed by atoms with Crippen LogP contribution < -0.4 is 5.73 Å². The van der Waals surface area contributed by atoms with Gasteiger partial charge in [0.05, 0.1) is 19.0 Å². The number of hydrogen-bond acceptors (Lipinski definition) is 5. The summed E-state index contributed by atoms with van der Waals surface area (Å²) in [6, 6.07) is 2.83. The van der Waals surface area contributed by atoms with Gasteiger partial charge in [-0.1, -0.05) is 18.9 Å². The van der Waals surface area contributed by atoms with Crippen LogP contribution in [0.25, 0.3) is 0 Å². The molecule has 0 spiro atoms. The van der Waals surface area contributed by atoms with Gasteiger partial charge in [0.1, 0.15) is 0 Å². The molecule has 3 aliphatic rings. The molecule has 2 aliphatic heterocycles. The lowest BCUT2D eigenvalue weighted by Crippen LogP contribution is -2.64. The molecule has 28 heavy (non-hydrogen) atoms. The maximum atomic E-state index is 13.0. The fourth-order valence-corrected chi connectivity index (χ4v) is 4.59. The summed E-state index contributed by atoms with van der Waals surface area (Å²) in [5, 5.41) is 0. The zero-order chi connectivity index (χ0) is 19.9. The molecule has 0 radical (unpaired) electrons. The highest BCUT2D eigenvalue weighted by atomic mass is 16.2. The minimum Gasteiger partial charge on any atom is -0.367 e. The average Bonchev–Trinajstić information content (AvgIpc) is 3.33. The van der Waals surface area contributed by atoms with E-state index in [0.717, 1.165) is 24.8 Å². The molecule has 3 amide bonds. The lowest BCUT2D eigenvalue weighted by molar-refractivity contribution is -0.150. The molecule has 2 N–H and O–H groups in total. The zero-order valence-corrected chi connectivity index (χ0v) is 15.7. The van der Waals surface area contributed by atoms with Crippen molar-refractivity contribution >= 4 is 23.5 Å². The van der Waals surface area contributed by atoms with Gasteiger partial charge in [0.15, 0.2) is 5.78 Å². The number of Topliss-reactive ketones (excluding diaryl/α,β-unsaturated/α-hetero) is 1. The molecule has 3 fully saturated rings. The molecule has 0 bridgehead atoms. The van der Waals surface area contributed by atoms with Crippen LogP contribution >= 0.6 is 0 Å². The highest BCUT2D eigenvalue weighted by Crippen LogP contribution is 2.41. The van der Waals surface area contributed by atoms with Gasteiger partial charge in [-0.2, -0.15) is 0 Å². The van der Waals surface area contributed by atoms with Crippen molar-refractivity contribution in [1.29, 1.82) is 0 Å². The Hall–Kier alpha value is -2.77. The Morgan fingerprint density at radius 1 is 1.21 bits per heavy atom. The zero-order valence-electron chi connectivity index (χ0n) is 15.7. The van der Waals surface area contributed by atoms with Crippen molar-refractivity contribution in [3.63, 3.8) is 0 Å². The fraction of sp³-hybridized carbons (Fsp3) is 0.550. The summed E-state index contributed by atoms with van der Waals surface area (Å²) >= 11 is 0. The maximum Gasteiger partial charge on any atom is 0.253 e. The Bertz CT molecular complexity index is 823. The number of rotatable bonds is 6. The van der Waals surface area contributed by atoms with Crippen LogP contribution in [0.1, 0.15) is 37.7 Å². The van der Waals surface area contributed by atoms with Gasteiger partial charge in [0.2, 0.25) is 17.4 Å². The predicted molar refractivity (Wildman–Crippen MR) is 98.7 cm³/mol. The lowest BCUT2D eigenvalue weighted by Gasteiger charge is -2.34. The molecule has 148 valence electrons. The van der Waals surface area contributed by atoms with Gasteiger partial charge < -0.3 is 15.5 Å². The SMILES string of the molecule is NC(=O)C12C(=O)CN(C(=O)Cc3cccnc3)C1CCN2C(=O)CCC1CC1. The number of hydrogen-bond donors (Lipinski definition) is 1. The van der Waals surface area contributed by atoms with Crippen molar-refractivity contribution in [2.75, 3.05) is 13.1 Å². The van der Waals surface area contributed by atoms with Gasteiger partial charge in [-0.3, -0.25) is 24.2 Å². The number of nitrogens with two attached hydrogens (primary N) is 1. The van der Waals surface area contributed by atoms with Gasteiger partial charge in [-0.25, -0.2) is 0 Å². The predicted octanol–water partition coefficient (Wildman–Crippen LogP) is 0.0506. The van der Waals surface area contributed by atoms with Crippen LogP contribution in [0.4, 0.5) is 0 Å². The molecule has 8 heteroatoms. The number of fused-ring (bicyclic) bond motifs is 1. The molecule has 1 saturated carbocycles. The third kappa shape index (κ3) is 2.96. The van der Waals surface area contributed by atoms with Gasteiger partial charge in [-0.05, 0) is 30.4 Å². The average molecular weight is 384 g/mol. The van der Waals surface area contributed by atoms with E-state index in [1.165, 1.54) is 9.80 Å². The summed E-state index contributed by atoms with van der Waals surface area (Å²) in [6.07, 6.45) is 7.02. The summed E-state index contributed by atoms with van der Waals surface area (Å²) in [6.45, 7) is 0.0681. The number of aromatic nitrogens is 1. The van der Waals surface area contributed by atoms with E-state index in [1.807, 2.05) is 0 Å². The number of carbonyl (C=O) groups is 4. The summed E-state index contributed by atoms with van der Waals surface area (Å²) < 4.78 is 0. The molecule has 0 aromatic carbocycles. The van der Waals surface area contributed by atoms with E-state index in [2.05, 4.69) is 4.98 Å². The number of carbonyl (C=O) groups excluding carboxylic acids is 4. The highest BCUT2D eigenvalue weighted by Gasteiger charge is 2.66. The van der Waals surface area contributed by atoms with E-state index in [9.17, 15) is 19.2 Å². The first kappa shape index (κ1) is 18.6. The topological polar surface area (TPSA) is 114 Å². The Morgan fingerprint density at radius 3 is 2.64 bits per heavy atom. The maximum absolute atomic E-state index is 13.0. The van der Waals surface area contributed by atoms with E-state index in [4.69, 9.17) is 5.73 Å². The third-order valence-electron chi connectivity index (χ3n) is 6.19. The minimum absolute atomic E-state index is 0.0854. The molecule has 2 unspecified atom stereocenters. The normalized spacial score (nSPS) is 26.4. The van der Waals surface area contributed by atoms with Crippen molar-refractivity contribution in [3.8, 4) is 0 Å². The van der Waals surface area contributed by atoms with Crippen LogP contribution in [0.15, 0.2) is 24.5 Å². The van der Waals surface area contributed by atoms with Crippen LogP contribution in [0.3, 0.4) is 0 Å². The molecule has 8 nitrogen and oxygen atoms in total. The van der Waals surface area contributed by atoms with Gasteiger partial charge in [0, 0.05) is 25.4 Å². The molecule has 2 atom stereocenters. The van der Waals surface area contributed by atoms with Crippen molar-refractivity contribution in [1.82, 2.24) is 14.8 Å². The van der Waals surface area contributed by atoms with E-state index in [1.54, 1.807) is 24.5 Å². The molecule has 2 saturated heterocycles. The summed E-state index contributed by atoms with van der Waals surface area (Å²) in [5.41, 5.74) is 4.69. The van der Waals surface area contributed by atoms with E-state index >= 15 is 0 Å². The molecule has 3 heterocycles. The number of amides is 3. The van der Waals surface area contributed by atoms with Crippen LogP contribution in [0.5, 0.6) is 0 Å². The third-order valence-corrected chi connectivity index (χ3v) is 6.19. The molecule has 1 aromatic heterocycles. The number of pyridine rings is 1. The minimum atomic E-state index is -1.72. The smallest absolute Gasteiger partial charge is 0.253 e. The Kier molecular flexibility index (Phi) is 4.64.